The third kappa shape index (κ3) is 16.6. The highest BCUT2D eigenvalue weighted by molar-refractivity contribution is 7.48. The summed E-state index contributed by atoms with van der Waals surface area (Å²) in [6.45, 7) is 9.63. The first-order valence-corrected chi connectivity index (χ1v) is 10.5. The van der Waals surface area contributed by atoms with Crippen LogP contribution in [0.4, 0.5) is 0 Å². The zero-order valence-electron chi connectivity index (χ0n) is 16.6. The van der Waals surface area contributed by atoms with E-state index in [1.165, 1.54) is 18.2 Å². The fraction of sp³-hybridized carbons (Fsp3) is 0.667. The topological polar surface area (TPSA) is 133 Å². The first-order valence-electron chi connectivity index (χ1n) is 9.00. The third-order valence-electron chi connectivity index (χ3n) is 2.91. The average Bonchev–Trinajstić information content (AvgIpc) is 2.70. The van der Waals surface area contributed by atoms with Gasteiger partial charge in [-0.2, -0.15) is 0 Å². The van der Waals surface area contributed by atoms with E-state index in [1.54, 1.807) is 0 Å². The predicted octanol–water partition coefficient (Wildman–Crippen LogP) is 0.835. The van der Waals surface area contributed by atoms with Crippen LogP contribution in [0.2, 0.25) is 0 Å². The molecule has 0 aliphatic heterocycles. The number of hydrogen-bond donors (Lipinski definition) is 3. The largest absolute Gasteiger partial charge is 0.475 e. The van der Waals surface area contributed by atoms with Crippen molar-refractivity contribution in [1.82, 2.24) is 0 Å². The highest BCUT2D eigenvalue weighted by Crippen LogP contribution is 2.49. The Morgan fingerprint density at radius 1 is 0.621 bits per heavy atom. The van der Waals surface area contributed by atoms with Crippen molar-refractivity contribution < 1.29 is 47.7 Å². The van der Waals surface area contributed by atoms with Gasteiger partial charge in [0.15, 0.2) is 0 Å². The molecule has 0 heterocycles. The normalized spacial score (nSPS) is 16.5. The molecular formula is C18H33O10P. The van der Waals surface area contributed by atoms with Crippen molar-refractivity contribution in [2.24, 2.45) is 0 Å². The van der Waals surface area contributed by atoms with Crippen LogP contribution in [0.25, 0.3) is 0 Å². The van der Waals surface area contributed by atoms with Crippen molar-refractivity contribution in [2.75, 3.05) is 59.5 Å². The number of aliphatic hydroxyl groups excluding tert-OH is 3. The molecular weight excluding hydrogens is 407 g/mol. The summed E-state index contributed by atoms with van der Waals surface area (Å²) in [7, 11) is -4.21. The van der Waals surface area contributed by atoms with Crippen LogP contribution in [0.1, 0.15) is 0 Å². The third-order valence-corrected chi connectivity index (χ3v) is 4.31. The lowest BCUT2D eigenvalue weighted by Crippen LogP contribution is -2.26. The van der Waals surface area contributed by atoms with E-state index in [1.807, 2.05) is 0 Å². The van der Waals surface area contributed by atoms with Gasteiger partial charge in [0.05, 0.1) is 59.5 Å². The van der Waals surface area contributed by atoms with Crippen LogP contribution in [0, 0.1) is 0 Å². The summed E-state index contributed by atoms with van der Waals surface area (Å²) >= 11 is 0. The summed E-state index contributed by atoms with van der Waals surface area (Å²) in [4.78, 5) is 0. The van der Waals surface area contributed by atoms with E-state index in [2.05, 4.69) is 19.7 Å². The maximum Gasteiger partial charge on any atom is 0.475 e. The van der Waals surface area contributed by atoms with Gasteiger partial charge >= 0.3 is 7.82 Å². The number of hydrogen-bond acceptors (Lipinski definition) is 10. The quantitative estimate of drug-likeness (QED) is 0.134. The average molecular weight is 440 g/mol. The molecule has 3 N–H and O–H groups in total. The van der Waals surface area contributed by atoms with Crippen LogP contribution in [0.15, 0.2) is 38.0 Å². The molecule has 0 aliphatic carbocycles. The van der Waals surface area contributed by atoms with Gasteiger partial charge in [0.25, 0.3) is 0 Å². The summed E-state index contributed by atoms with van der Waals surface area (Å²) in [5.41, 5.74) is 0. The van der Waals surface area contributed by atoms with Gasteiger partial charge in [0.1, 0.15) is 18.3 Å². The number of rotatable bonds is 21. The minimum absolute atomic E-state index is 0.0813. The van der Waals surface area contributed by atoms with E-state index in [9.17, 15) is 19.9 Å². The summed E-state index contributed by atoms with van der Waals surface area (Å²) < 4.78 is 43.2. The minimum atomic E-state index is -4.21. The van der Waals surface area contributed by atoms with Gasteiger partial charge in [0, 0.05) is 0 Å². The summed E-state index contributed by atoms with van der Waals surface area (Å²) in [6.07, 6.45) is 1.23. The van der Waals surface area contributed by atoms with Crippen LogP contribution in [-0.2, 0) is 32.3 Å². The van der Waals surface area contributed by atoms with E-state index in [-0.39, 0.29) is 39.6 Å². The molecule has 0 bridgehead atoms. The first kappa shape index (κ1) is 28.1. The number of phosphoric ester groups is 1. The minimum Gasteiger partial charge on any atom is -0.388 e. The lowest BCUT2D eigenvalue weighted by Gasteiger charge is -2.22. The van der Waals surface area contributed by atoms with Crippen molar-refractivity contribution in [3.8, 4) is 0 Å². The number of aliphatic hydroxyl groups is 3. The summed E-state index contributed by atoms with van der Waals surface area (Å²) in [6, 6.07) is 0. The molecule has 0 aromatic rings. The highest BCUT2D eigenvalue weighted by Gasteiger charge is 2.30. The van der Waals surface area contributed by atoms with E-state index < -0.39 is 46.0 Å². The summed E-state index contributed by atoms with van der Waals surface area (Å²) in [5, 5.41) is 29.4. The lowest BCUT2D eigenvalue weighted by atomic mass is 10.4. The molecule has 10 nitrogen and oxygen atoms in total. The molecule has 0 radical (unpaired) electrons. The van der Waals surface area contributed by atoms with Crippen molar-refractivity contribution in [3.63, 3.8) is 0 Å². The zero-order valence-corrected chi connectivity index (χ0v) is 17.5. The molecule has 0 aromatic carbocycles. The molecule has 0 saturated heterocycles. The second-order valence-corrected chi connectivity index (χ2v) is 7.44. The Morgan fingerprint density at radius 2 is 0.897 bits per heavy atom. The van der Waals surface area contributed by atoms with Crippen LogP contribution < -0.4 is 0 Å². The van der Waals surface area contributed by atoms with E-state index in [0.717, 1.165) is 0 Å². The lowest BCUT2D eigenvalue weighted by molar-refractivity contribution is -0.0236. The number of ether oxygens (including phenoxy) is 3. The van der Waals surface area contributed by atoms with Gasteiger partial charge in [-0.1, -0.05) is 18.2 Å². The number of phosphoric acid groups is 1. The van der Waals surface area contributed by atoms with Crippen LogP contribution >= 0.6 is 7.82 Å². The second kappa shape index (κ2) is 17.9. The molecule has 0 fully saturated rings. The maximum absolute atomic E-state index is 12.7. The molecule has 3 atom stereocenters. The standard InChI is InChI=1S/C18H33O10P/c1-4-7-23-10-16(19)13-26-29(22,27-14-17(20)11-24-8-5-2)28-15-18(21)12-25-9-6-3/h4-6,16-21H,1-3,7-15H2. The van der Waals surface area contributed by atoms with Crippen molar-refractivity contribution in [2.45, 2.75) is 18.3 Å². The Bertz CT molecular complexity index is 421. The molecule has 0 saturated carbocycles. The van der Waals surface area contributed by atoms with Gasteiger partial charge in [-0.15, -0.1) is 19.7 Å². The van der Waals surface area contributed by atoms with Gasteiger partial charge in [-0.05, 0) is 0 Å². The van der Waals surface area contributed by atoms with Gasteiger partial charge in [0.2, 0.25) is 0 Å². The van der Waals surface area contributed by atoms with Crippen molar-refractivity contribution in [1.29, 1.82) is 0 Å². The highest BCUT2D eigenvalue weighted by atomic mass is 31.2. The second-order valence-electron chi connectivity index (χ2n) is 5.77. The zero-order chi connectivity index (χ0) is 22.0. The SMILES string of the molecule is C=CCOCC(O)COP(=O)(OCC(O)COCC=C)OCC(O)COCC=C. The molecule has 3 unspecified atom stereocenters. The molecule has 170 valence electrons. The molecule has 0 spiro atoms. The smallest absolute Gasteiger partial charge is 0.388 e. The molecule has 0 aliphatic rings. The Kier molecular flexibility index (Phi) is 17.3. The van der Waals surface area contributed by atoms with Crippen molar-refractivity contribution >= 4 is 7.82 Å². The van der Waals surface area contributed by atoms with Crippen LogP contribution in [-0.4, -0.2) is 93.1 Å². The fourth-order valence-electron chi connectivity index (χ4n) is 1.65. The molecule has 11 heteroatoms. The Morgan fingerprint density at radius 3 is 1.14 bits per heavy atom. The molecule has 0 aromatic heterocycles. The first-order chi connectivity index (χ1) is 13.9. The Balaban J connectivity index is 4.61. The van der Waals surface area contributed by atoms with Crippen LogP contribution in [0.3, 0.4) is 0 Å². The fourth-order valence-corrected chi connectivity index (χ4v) is 2.94. The van der Waals surface area contributed by atoms with Crippen LogP contribution in [0.5, 0.6) is 0 Å². The van der Waals surface area contributed by atoms with Gasteiger partial charge in [-0.25, -0.2) is 4.57 Å². The van der Waals surface area contributed by atoms with E-state index >= 15 is 0 Å². The monoisotopic (exact) mass is 440 g/mol. The van der Waals surface area contributed by atoms with Gasteiger partial charge < -0.3 is 29.5 Å². The molecule has 0 amide bonds. The maximum atomic E-state index is 12.7. The van der Waals surface area contributed by atoms with Gasteiger partial charge in [-0.3, -0.25) is 13.6 Å². The Hall–Kier alpha value is -0.910. The Labute approximate surface area is 171 Å². The predicted molar refractivity (Wildman–Crippen MR) is 107 cm³/mol. The van der Waals surface area contributed by atoms with Crippen molar-refractivity contribution in [3.05, 3.63) is 38.0 Å². The molecule has 29 heavy (non-hydrogen) atoms. The molecule has 0 rings (SSSR count). The van der Waals surface area contributed by atoms with E-state index in [0.29, 0.717) is 0 Å². The van der Waals surface area contributed by atoms with E-state index in [4.69, 9.17) is 27.8 Å². The summed E-state index contributed by atoms with van der Waals surface area (Å²) in [5.74, 6) is 0.